The van der Waals surface area contributed by atoms with Crippen LogP contribution in [0.1, 0.15) is 18.9 Å². The van der Waals surface area contributed by atoms with E-state index in [1.54, 1.807) is 7.11 Å². The maximum Gasteiger partial charge on any atom is 0.229 e. The van der Waals surface area contributed by atoms with E-state index in [1.807, 2.05) is 43.1 Å². The number of ether oxygens (including phenoxy) is 1. The molecule has 1 aliphatic heterocycles. The summed E-state index contributed by atoms with van der Waals surface area (Å²) in [6.07, 6.45) is 0.911. The SMILES string of the molecule is COc1cccc(CN(C)C(=O)C2(C)CCNC2)c1. The summed E-state index contributed by atoms with van der Waals surface area (Å²) in [6, 6.07) is 7.85. The highest BCUT2D eigenvalue weighted by Crippen LogP contribution is 2.27. The van der Waals surface area contributed by atoms with Crippen molar-refractivity contribution in [2.45, 2.75) is 19.9 Å². The van der Waals surface area contributed by atoms with Crippen LogP contribution < -0.4 is 10.1 Å². The van der Waals surface area contributed by atoms with Gasteiger partial charge in [0, 0.05) is 20.1 Å². The molecule has 1 amide bonds. The zero-order valence-corrected chi connectivity index (χ0v) is 11.9. The molecule has 0 spiro atoms. The van der Waals surface area contributed by atoms with Gasteiger partial charge in [0.2, 0.25) is 5.91 Å². The van der Waals surface area contributed by atoms with Crippen LogP contribution >= 0.6 is 0 Å². The smallest absolute Gasteiger partial charge is 0.229 e. The van der Waals surface area contributed by atoms with Crippen molar-refractivity contribution >= 4 is 5.91 Å². The van der Waals surface area contributed by atoms with Gasteiger partial charge < -0.3 is 15.0 Å². The van der Waals surface area contributed by atoms with Crippen LogP contribution in [0.4, 0.5) is 0 Å². The maximum atomic E-state index is 12.5. The molecule has 0 bridgehead atoms. The van der Waals surface area contributed by atoms with Crippen molar-refractivity contribution < 1.29 is 9.53 Å². The summed E-state index contributed by atoms with van der Waals surface area (Å²) in [6.45, 7) is 4.35. The number of hydrogen-bond acceptors (Lipinski definition) is 3. The Balaban J connectivity index is 2.03. The fourth-order valence-electron chi connectivity index (χ4n) is 2.58. The van der Waals surface area contributed by atoms with Crippen molar-refractivity contribution in [1.29, 1.82) is 0 Å². The fraction of sp³-hybridized carbons (Fsp3) is 0.533. The molecular weight excluding hydrogens is 240 g/mol. The van der Waals surface area contributed by atoms with Gasteiger partial charge in [0.15, 0.2) is 0 Å². The zero-order chi connectivity index (χ0) is 13.9. The second-order valence-corrected chi connectivity index (χ2v) is 5.50. The van der Waals surface area contributed by atoms with E-state index in [2.05, 4.69) is 5.32 Å². The second kappa shape index (κ2) is 5.61. The van der Waals surface area contributed by atoms with Gasteiger partial charge in [-0.2, -0.15) is 0 Å². The third-order valence-corrected chi connectivity index (χ3v) is 3.79. The first kappa shape index (κ1) is 13.9. The molecule has 1 aliphatic rings. The van der Waals surface area contributed by atoms with E-state index in [4.69, 9.17) is 4.74 Å². The van der Waals surface area contributed by atoms with Crippen LogP contribution in [-0.2, 0) is 11.3 Å². The average Bonchev–Trinajstić information content (AvgIpc) is 2.86. The maximum absolute atomic E-state index is 12.5. The highest BCUT2D eigenvalue weighted by Gasteiger charge is 2.38. The number of benzene rings is 1. The van der Waals surface area contributed by atoms with Crippen molar-refractivity contribution in [2.75, 3.05) is 27.2 Å². The summed E-state index contributed by atoms with van der Waals surface area (Å²) in [7, 11) is 3.52. The lowest BCUT2D eigenvalue weighted by molar-refractivity contribution is -0.139. The zero-order valence-electron chi connectivity index (χ0n) is 11.9. The van der Waals surface area contributed by atoms with Crippen molar-refractivity contribution in [3.8, 4) is 5.75 Å². The lowest BCUT2D eigenvalue weighted by atomic mass is 9.88. The normalized spacial score (nSPS) is 22.3. The molecule has 4 nitrogen and oxygen atoms in total. The van der Waals surface area contributed by atoms with E-state index >= 15 is 0 Å². The molecule has 1 atom stereocenters. The number of amides is 1. The molecule has 1 saturated heterocycles. The van der Waals surface area contributed by atoms with Gasteiger partial charge in [0.25, 0.3) is 0 Å². The molecule has 1 N–H and O–H groups in total. The number of nitrogens with zero attached hydrogens (tertiary/aromatic N) is 1. The van der Waals surface area contributed by atoms with Crippen LogP contribution in [0.5, 0.6) is 5.75 Å². The second-order valence-electron chi connectivity index (χ2n) is 5.50. The van der Waals surface area contributed by atoms with Crippen molar-refractivity contribution in [2.24, 2.45) is 5.41 Å². The first-order valence-electron chi connectivity index (χ1n) is 6.64. The van der Waals surface area contributed by atoms with Gasteiger partial charge in [-0.3, -0.25) is 4.79 Å². The molecule has 1 heterocycles. The Hall–Kier alpha value is -1.55. The van der Waals surface area contributed by atoms with E-state index < -0.39 is 0 Å². The quantitative estimate of drug-likeness (QED) is 0.897. The molecule has 4 heteroatoms. The summed E-state index contributed by atoms with van der Waals surface area (Å²) in [4.78, 5) is 14.3. The molecule has 0 radical (unpaired) electrons. The average molecular weight is 262 g/mol. The Morgan fingerprint density at radius 3 is 2.95 bits per heavy atom. The lowest BCUT2D eigenvalue weighted by Gasteiger charge is -2.28. The summed E-state index contributed by atoms with van der Waals surface area (Å²) >= 11 is 0. The summed E-state index contributed by atoms with van der Waals surface area (Å²) < 4.78 is 5.20. The third kappa shape index (κ3) is 3.07. The number of nitrogens with one attached hydrogen (secondary N) is 1. The summed E-state index contributed by atoms with van der Waals surface area (Å²) in [5, 5.41) is 3.26. The fourth-order valence-corrected chi connectivity index (χ4v) is 2.58. The minimum absolute atomic E-state index is 0.209. The number of carbonyl (C=O) groups excluding carboxylic acids is 1. The highest BCUT2D eigenvalue weighted by molar-refractivity contribution is 5.82. The van der Waals surface area contributed by atoms with Crippen LogP contribution in [0.2, 0.25) is 0 Å². The van der Waals surface area contributed by atoms with Gasteiger partial charge in [-0.1, -0.05) is 12.1 Å². The number of rotatable bonds is 4. The first-order chi connectivity index (χ1) is 9.05. The predicted octanol–water partition coefficient (Wildman–Crippen LogP) is 1.65. The molecule has 0 saturated carbocycles. The number of hydrogen-bond donors (Lipinski definition) is 1. The molecule has 19 heavy (non-hydrogen) atoms. The van der Waals surface area contributed by atoms with E-state index in [0.29, 0.717) is 6.54 Å². The van der Waals surface area contributed by atoms with Gasteiger partial charge in [0.05, 0.1) is 12.5 Å². The van der Waals surface area contributed by atoms with Crippen molar-refractivity contribution in [3.05, 3.63) is 29.8 Å². The predicted molar refractivity (Wildman–Crippen MR) is 75.1 cm³/mol. The molecule has 1 unspecified atom stereocenters. The van der Waals surface area contributed by atoms with Gasteiger partial charge in [-0.25, -0.2) is 0 Å². The van der Waals surface area contributed by atoms with Crippen LogP contribution in [0.25, 0.3) is 0 Å². The molecule has 0 aromatic heterocycles. The Morgan fingerprint density at radius 1 is 1.53 bits per heavy atom. The first-order valence-corrected chi connectivity index (χ1v) is 6.64. The Morgan fingerprint density at radius 2 is 2.32 bits per heavy atom. The summed E-state index contributed by atoms with van der Waals surface area (Å²) in [5.74, 6) is 1.03. The van der Waals surface area contributed by atoms with Crippen molar-refractivity contribution in [3.63, 3.8) is 0 Å². The van der Waals surface area contributed by atoms with Crippen LogP contribution in [0.3, 0.4) is 0 Å². The van der Waals surface area contributed by atoms with Crippen molar-refractivity contribution in [1.82, 2.24) is 10.2 Å². The number of carbonyl (C=O) groups is 1. The molecule has 104 valence electrons. The van der Waals surface area contributed by atoms with Gasteiger partial charge in [-0.05, 0) is 37.6 Å². The molecule has 1 fully saturated rings. The highest BCUT2D eigenvalue weighted by atomic mass is 16.5. The minimum atomic E-state index is -0.256. The van der Waals surface area contributed by atoms with E-state index in [0.717, 1.165) is 30.8 Å². The molecule has 1 aromatic rings. The molecule has 2 rings (SSSR count). The topological polar surface area (TPSA) is 41.6 Å². The van der Waals surface area contributed by atoms with Gasteiger partial charge >= 0.3 is 0 Å². The minimum Gasteiger partial charge on any atom is -0.497 e. The lowest BCUT2D eigenvalue weighted by Crippen LogP contribution is -2.41. The number of methoxy groups -OCH3 is 1. The molecule has 1 aromatic carbocycles. The summed E-state index contributed by atoms with van der Waals surface area (Å²) in [5.41, 5.74) is 0.831. The Bertz CT molecular complexity index is 453. The van der Waals surface area contributed by atoms with Gasteiger partial charge in [-0.15, -0.1) is 0 Å². The van der Waals surface area contributed by atoms with Crippen LogP contribution in [0.15, 0.2) is 24.3 Å². The largest absolute Gasteiger partial charge is 0.497 e. The van der Waals surface area contributed by atoms with E-state index in [-0.39, 0.29) is 11.3 Å². The van der Waals surface area contributed by atoms with Gasteiger partial charge in [0.1, 0.15) is 5.75 Å². The van der Waals surface area contributed by atoms with Crippen LogP contribution in [0, 0.1) is 5.41 Å². The van der Waals surface area contributed by atoms with E-state index in [1.165, 1.54) is 0 Å². The third-order valence-electron chi connectivity index (χ3n) is 3.79. The Kier molecular flexibility index (Phi) is 4.10. The van der Waals surface area contributed by atoms with E-state index in [9.17, 15) is 4.79 Å². The Labute approximate surface area is 114 Å². The standard InChI is InChI=1S/C15H22N2O2/c1-15(7-8-16-11-15)14(18)17(2)10-12-5-4-6-13(9-12)19-3/h4-6,9,16H,7-8,10-11H2,1-3H3. The molecular formula is C15H22N2O2. The monoisotopic (exact) mass is 262 g/mol. The molecule has 0 aliphatic carbocycles. The van der Waals surface area contributed by atoms with Crippen LogP contribution in [-0.4, -0.2) is 38.1 Å².